The molecule has 0 bridgehead atoms. The lowest BCUT2D eigenvalue weighted by Crippen LogP contribution is -2.42. The van der Waals surface area contributed by atoms with Crippen molar-refractivity contribution in [1.29, 1.82) is 5.26 Å². The van der Waals surface area contributed by atoms with Gasteiger partial charge in [-0.3, -0.25) is 9.89 Å². The Morgan fingerprint density at radius 3 is 2.48 bits per heavy atom. The molecule has 2 aliphatic rings. The van der Waals surface area contributed by atoms with Gasteiger partial charge < -0.3 is 21.7 Å². The minimum atomic E-state index is -0.696. The van der Waals surface area contributed by atoms with Crippen LogP contribution in [0.3, 0.4) is 0 Å². The third-order valence-corrected chi connectivity index (χ3v) is 8.34. The zero-order valence-electron chi connectivity index (χ0n) is 22.9. The van der Waals surface area contributed by atoms with E-state index in [4.69, 9.17) is 16.5 Å². The van der Waals surface area contributed by atoms with Crippen LogP contribution in [0.25, 0.3) is 5.70 Å². The molecule has 3 atom stereocenters. The Morgan fingerprint density at radius 2 is 1.88 bits per heavy atom. The van der Waals surface area contributed by atoms with Gasteiger partial charge in [-0.05, 0) is 85.0 Å². The molecule has 1 fully saturated rings. The van der Waals surface area contributed by atoms with Crippen molar-refractivity contribution in [3.63, 3.8) is 0 Å². The lowest BCUT2D eigenvalue weighted by atomic mass is 9.67. The molecular formula is C31H36N8O. The van der Waals surface area contributed by atoms with Gasteiger partial charge in [-0.15, -0.1) is 0 Å². The SMILES string of the molecule is C=C(N)c1ccc2c(c1)CCc1cc(C(N)=O)ccc1C2(C[C@@H](C)NCC(=C)N1CCCC1C#N)c1ncn[nH]1. The van der Waals surface area contributed by atoms with Crippen LogP contribution in [-0.2, 0) is 18.3 Å². The normalized spacial score (nSPS) is 20.6. The summed E-state index contributed by atoms with van der Waals surface area (Å²) in [6.45, 7) is 11.8. The van der Waals surface area contributed by atoms with Crippen LogP contribution in [0.5, 0.6) is 0 Å². The summed E-state index contributed by atoms with van der Waals surface area (Å²) in [5, 5.41) is 20.6. The van der Waals surface area contributed by atoms with Crippen molar-refractivity contribution in [2.24, 2.45) is 11.5 Å². The Bertz CT molecular complexity index is 1420. The van der Waals surface area contributed by atoms with E-state index < -0.39 is 11.3 Å². The Morgan fingerprint density at radius 1 is 1.20 bits per heavy atom. The molecule has 1 aliphatic carbocycles. The summed E-state index contributed by atoms with van der Waals surface area (Å²) >= 11 is 0. The first kappa shape index (κ1) is 27.2. The Kier molecular flexibility index (Phi) is 7.46. The summed E-state index contributed by atoms with van der Waals surface area (Å²) in [5.74, 6) is 0.266. The van der Waals surface area contributed by atoms with Gasteiger partial charge in [0.25, 0.3) is 0 Å². The van der Waals surface area contributed by atoms with Gasteiger partial charge in [-0.2, -0.15) is 10.4 Å². The van der Waals surface area contributed by atoms with E-state index in [1.165, 1.54) is 6.33 Å². The van der Waals surface area contributed by atoms with Crippen LogP contribution in [0.15, 0.2) is 61.6 Å². The molecule has 0 spiro atoms. The number of hydrogen-bond acceptors (Lipinski definition) is 7. The van der Waals surface area contributed by atoms with Gasteiger partial charge in [-0.25, -0.2) is 4.98 Å². The fraction of sp³-hybridized carbons (Fsp3) is 0.355. The van der Waals surface area contributed by atoms with Gasteiger partial charge in [0.05, 0.1) is 11.5 Å². The van der Waals surface area contributed by atoms with Crippen molar-refractivity contribution >= 4 is 11.6 Å². The fourth-order valence-electron chi connectivity index (χ4n) is 6.39. The quantitative estimate of drug-likeness (QED) is 0.328. The second-order valence-electron chi connectivity index (χ2n) is 10.9. The molecule has 9 heteroatoms. The second kappa shape index (κ2) is 11.0. The molecule has 9 nitrogen and oxygen atoms in total. The molecule has 1 aromatic heterocycles. The number of nitrogens with two attached hydrogens (primary N) is 2. The first-order valence-electron chi connectivity index (χ1n) is 13.7. The number of H-pyrrole nitrogens is 1. The van der Waals surface area contributed by atoms with E-state index in [1.54, 1.807) is 6.07 Å². The van der Waals surface area contributed by atoms with Gasteiger partial charge in [0.2, 0.25) is 5.91 Å². The highest BCUT2D eigenvalue weighted by Gasteiger charge is 2.44. The van der Waals surface area contributed by atoms with Gasteiger partial charge >= 0.3 is 0 Å². The van der Waals surface area contributed by atoms with E-state index in [0.717, 1.165) is 71.6 Å². The molecule has 40 heavy (non-hydrogen) atoms. The standard InChI is InChI=1S/C31H36N8O/c1-19(35-17-20(2)39-12-4-5-26(39)16-32)15-31(30-36-18-37-38-30)27-10-8-22(21(3)33)13-23(27)6-7-24-14-25(29(34)40)9-11-28(24)31/h8-11,13-14,18-19,26,35H,2-7,12,15,17,33H2,1H3,(H2,34,40)(H,36,37,38)/t19-,26?,31?/m1/s1. The highest BCUT2D eigenvalue weighted by atomic mass is 16.1. The smallest absolute Gasteiger partial charge is 0.248 e. The van der Waals surface area contributed by atoms with Gasteiger partial charge in [0.15, 0.2) is 0 Å². The van der Waals surface area contributed by atoms with Gasteiger partial charge in [0.1, 0.15) is 18.2 Å². The summed E-state index contributed by atoms with van der Waals surface area (Å²) < 4.78 is 0. The third-order valence-electron chi connectivity index (χ3n) is 8.34. The molecule has 1 amide bonds. The fourth-order valence-corrected chi connectivity index (χ4v) is 6.39. The number of nitrogens with one attached hydrogen (secondary N) is 2. The van der Waals surface area contributed by atoms with Crippen molar-refractivity contribution in [1.82, 2.24) is 25.4 Å². The summed E-state index contributed by atoms with van der Waals surface area (Å²) in [4.78, 5) is 18.9. The predicted octanol–water partition coefficient (Wildman–Crippen LogP) is 3.14. The highest BCUT2D eigenvalue weighted by Crippen LogP contribution is 2.47. The second-order valence-corrected chi connectivity index (χ2v) is 10.9. The summed E-state index contributed by atoms with van der Waals surface area (Å²) in [6.07, 6.45) is 5.53. The highest BCUT2D eigenvalue weighted by molar-refractivity contribution is 5.93. The van der Waals surface area contributed by atoms with Crippen molar-refractivity contribution < 1.29 is 4.79 Å². The maximum absolute atomic E-state index is 12.1. The molecule has 3 aromatic rings. The minimum absolute atomic E-state index is 0.0174. The largest absolute Gasteiger partial charge is 0.399 e. The molecule has 2 heterocycles. The van der Waals surface area contributed by atoms with Crippen molar-refractivity contribution in [2.75, 3.05) is 13.1 Å². The van der Waals surface area contributed by atoms with Gasteiger partial charge in [0, 0.05) is 36.1 Å². The molecule has 1 saturated heterocycles. The van der Waals surface area contributed by atoms with Crippen LogP contribution < -0.4 is 16.8 Å². The number of rotatable bonds is 9. The summed E-state index contributed by atoms with van der Waals surface area (Å²) in [7, 11) is 0. The van der Waals surface area contributed by atoms with Crippen LogP contribution >= 0.6 is 0 Å². The maximum Gasteiger partial charge on any atom is 0.248 e. The number of aromatic nitrogens is 3. The van der Waals surface area contributed by atoms with Crippen LogP contribution in [-0.4, -0.2) is 51.2 Å². The minimum Gasteiger partial charge on any atom is -0.399 e. The van der Waals surface area contributed by atoms with Crippen molar-refractivity contribution in [2.45, 2.75) is 56.5 Å². The Hall–Kier alpha value is -4.42. The molecule has 5 rings (SSSR count). The molecule has 2 unspecified atom stereocenters. The average molecular weight is 537 g/mol. The van der Waals surface area contributed by atoms with E-state index in [1.807, 2.05) is 18.2 Å². The maximum atomic E-state index is 12.1. The van der Waals surface area contributed by atoms with Crippen molar-refractivity contribution in [3.05, 3.63) is 101 Å². The number of nitriles is 1. The topological polar surface area (TPSA) is 150 Å². The molecule has 6 N–H and O–H groups in total. The lowest BCUT2D eigenvalue weighted by molar-refractivity contribution is 0.1000. The number of likely N-dealkylation sites (tertiary alicyclic amines) is 1. The van der Waals surface area contributed by atoms with Crippen LogP contribution in [0.2, 0.25) is 0 Å². The third kappa shape index (κ3) is 4.87. The number of carbonyl (C=O) groups excluding carboxylic acids is 1. The van der Waals surface area contributed by atoms with Gasteiger partial charge in [-0.1, -0.05) is 31.4 Å². The number of aromatic amines is 1. The summed E-state index contributed by atoms with van der Waals surface area (Å²) in [6, 6.07) is 14.2. The van der Waals surface area contributed by atoms with E-state index in [9.17, 15) is 10.1 Å². The molecule has 0 radical (unpaired) electrons. The van der Waals surface area contributed by atoms with Crippen LogP contribution in [0.1, 0.15) is 70.2 Å². The van der Waals surface area contributed by atoms with E-state index >= 15 is 0 Å². The molecule has 1 aliphatic heterocycles. The number of carbonyl (C=O) groups is 1. The molecule has 2 aromatic carbocycles. The van der Waals surface area contributed by atoms with E-state index in [0.29, 0.717) is 24.2 Å². The number of aryl methyl sites for hydroxylation is 2. The number of hydrogen-bond donors (Lipinski definition) is 4. The lowest BCUT2D eigenvalue weighted by Gasteiger charge is -2.37. The zero-order chi connectivity index (χ0) is 28.4. The number of amides is 1. The number of benzene rings is 2. The monoisotopic (exact) mass is 536 g/mol. The molecule has 206 valence electrons. The predicted molar refractivity (Wildman–Crippen MR) is 155 cm³/mol. The summed E-state index contributed by atoms with van der Waals surface area (Å²) in [5.41, 5.74) is 18.2. The van der Waals surface area contributed by atoms with E-state index in [2.05, 4.69) is 58.7 Å². The van der Waals surface area contributed by atoms with Crippen LogP contribution in [0, 0.1) is 11.3 Å². The van der Waals surface area contributed by atoms with E-state index in [-0.39, 0.29) is 12.1 Å². The first-order chi connectivity index (χ1) is 19.2. The van der Waals surface area contributed by atoms with Crippen molar-refractivity contribution in [3.8, 4) is 6.07 Å². The number of primary amides is 1. The Balaban J connectivity index is 1.58. The molecule has 0 saturated carbocycles. The average Bonchev–Trinajstić information content (AvgIpc) is 3.64. The number of nitrogens with zero attached hydrogens (tertiary/aromatic N) is 4. The van der Waals surface area contributed by atoms with Crippen LogP contribution in [0.4, 0.5) is 0 Å². The zero-order valence-corrected chi connectivity index (χ0v) is 22.9. The first-order valence-corrected chi connectivity index (χ1v) is 13.7. The molecular weight excluding hydrogens is 500 g/mol. The number of fused-ring (bicyclic) bond motifs is 2. The Labute approximate surface area is 235 Å².